The number of carbonyl (C=O) groups is 1. The molecule has 1 heterocycles. The van der Waals surface area contributed by atoms with E-state index in [9.17, 15) is 17.6 Å². The molecule has 32 heavy (non-hydrogen) atoms. The predicted octanol–water partition coefficient (Wildman–Crippen LogP) is 3.38. The first kappa shape index (κ1) is 24.1. The number of halogens is 2. The molecule has 3 rings (SSSR count). The Bertz CT molecular complexity index is 1040. The third kappa shape index (κ3) is 6.04. The summed E-state index contributed by atoms with van der Waals surface area (Å²) < 4.78 is 44.1. The first-order valence-electron chi connectivity index (χ1n) is 10.3. The second kappa shape index (κ2) is 10.4. The highest BCUT2D eigenvalue weighted by molar-refractivity contribution is 7.92. The fourth-order valence-electron chi connectivity index (χ4n) is 3.69. The minimum atomic E-state index is -3.54. The van der Waals surface area contributed by atoms with E-state index in [4.69, 9.17) is 16.3 Å². The van der Waals surface area contributed by atoms with Gasteiger partial charge in [0.05, 0.1) is 24.1 Å². The van der Waals surface area contributed by atoms with Crippen LogP contribution in [0.25, 0.3) is 0 Å². The van der Waals surface area contributed by atoms with Gasteiger partial charge in [-0.3, -0.25) is 9.10 Å². The van der Waals surface area contributed by atoms with Crippen LogP contribution in [0.3, 0.4) is 0 Å². The second-order valence-corrected chi connectivity index (χ2v) is 9.92. The van der Waals surface area contributed by atoms with Crippen molar-refractivity contribution in [3.8, 4) is 5.75 Å². The number of carbonyl (C=O) groups excluding carboxylic acids is 1. The van der Waals surface area contributed by atoms with Gasteiger partial charge < -0.3 is 14.5 Å². The van der Waals surface area contributed by atoms with Crippen molar-refractivity contribution in [3.05, 3.63) is 53.3 Å². The number of nitrogens with zero attached hydrogens (tertiary/aromatic N) is 3. The number of rotatable bonds is 8. The highest BCUT2D eigenvalue weighted by Crippen LogP contribution is 2.30. The van der Waals surface area contributed by atoms with Crippen LogP contribution in [-0.2, 0) is 14.8 Å². The molecular weight excluding hydrogens is 457 g/mol. The summed E-state index contributed by atoms with van der Waals surface area (Å²) in [5, 5.41) is 0.314. The lowest BCUT2D eigenvalue weighted by Crippen LogP contribution is -2.48. The second-order valence-electron chi connectivity index (χ2n) is 7.60. The van der Waals surface area contributed by atoms with Crippen molar-refractivity contribution in [2.24, 2.45) is 0 Å². The van der Waals surface area contributed by atoms with E-state index >= 15 is 0 Å². The van der Waals surface area contributed by atoms with Crippen LogP contribution >= 0.6 is 11.6 Å². The molecular formula is C22H27ClFN3O4S. The average molecular weight is 484 g/mol. The number of hydrogen-bond donors (Lipinski definition) is 0. The van der Waals surface area contributed by atoms with E-state index in [0.717, 1.165) is 11.9 Å². The number of sulfonamides is 1. The Balaban J connectivity index is 1.53. The van der Waals surface area contributed by atoms with Crippen LogP contribution in [-0.4, -0.2) is 65.3 Å². The Morgan fingerprint density at radius 2 is 1.78 bits per heavy atom. The van der Waals surface area contributed by atoms with Crippen molar-refractivity contribution < 1.29 is 22.3 Å². The molecule has 1 aliphatic rings. The van der Waals surface area contributed by atoms with Gasteiger partial charge in [0, 0.05) is 44.8 Å². The fourth-order valence-corrected chi connectivity index (χ4v) is 4.90. The fraction of sp³-hybridized carbons (Fsp3) is 0.409. The largest absolute Gasteiger partial charge is 0.495 e. The maximum absolute atomic E-state index is 13.1. The summed E-state index contributed by atoms with van der Waals surface area (Å²) in [4.78, 5) is 16.5. The lowest BCUT2D eigenvalue weighted by atomic mass is 10.2. The minimum absolute atomic E-state index is 0.00929. The van der Waals surface area contributed by atoms with Crippen molar-refractivity contribution in [2.45, 2.75) is 12.8 Å². The van der Waals surface area contributed by atoms with Crippen molar-refractivity contribution in [2.75, 3.05) is 55.3 Å². The monoisotopic (exact) mass is 483 g/mol. The van der Waals surface area contributed by atoms with Crippen LogP contribution in [0.5, 0.6) is 5.75 Å². The van der Waals surface area contributed by atoms with Crippen LogP contribution in [0.4, 0.5) is 15.8 Å². The number of piperazine rings is 1. The van der Waals surface area contributed by atoms with Gasteiger partial charge in [0.2, 0.25) is 15.9 Å². The molecule has 0 radical (unpaired) electrons. The zero-order chi connectivity index (χ0) is 23.3. The molecule has 0 saturated carbocycles. The van der Waals surface area contributed by atoms with Gasteiger partial charge in [-0.05, 0) is 48.9 Å². The average Bonchev–Trinajstić information content (AvgIpc) is 2.76. The van der Waals surface area contributed by atoms with E-state index in [-0.39, 0.29) is 24.7 Å². The zero-order valence-corrected chi connectivity index (χ0v) is 19.7. The van der Waals surface area contributed by atoms with Crippen molar-refractivity contribution in [1.82, 2.24) is 4.90 Å². The van der Waals surface area contributed by atoms with Crippen molar-refractivity contribution >= 4 is 38.9 Å². The Hall–Kier alpha value is -2.52. The first-order chi connectivity index (χ1) is 15.2. The molecule has 1 saturated heterocycles. The summed E-state index contributed by atoms with van der Waals surface area (Å²) in [7, 11) is -2.06. The number of methoxy groups -OCH3 is 1. The van der Waals surface area contributed by atoms with Crippen molar-refractivity contribution in [1.29, 1.82) is 0 Å². The van der Waals surface area contributed by atoms with Crippen LogP contribution in [0.1, 0.15) is 12.8 Å². The lowest BCUT2D eigenvalue weighted by molar-refractivity contribution is -0.131. The molecule has 0 spiro atoms. The normalized spacial score (nSPS) is 14.4. The molecule has 0 aromatic heterocycles. The van der Waals surface area contributed by atoms with Gasteiger partial charge in [0.15, 0.2) is 0 Å². The summed E-state index contributed by atoms with van der Waals surface area (Å²) in [5.41, 5.74) is 1.36. The molecule has 7 nitrogen and oxygen atoms in total. The van der Waals surface area contributed by atoms with Gasteiger partial charge in [-0.15, -0.1) is 0 Å². The molecule has 2 aromatic carbocycles. The smallest absolute Gasteiger partial charge is 0.232 e. The third-order valence-corrected chi connectivity index (χ3v) is 6.89. The Morgan fingerprint density at radius 1 is 1.12 bits per heavy atom. The molecule has 0 N–H and O–H groups in total. The Morgan fingerprint density at radius 3 is 2.34 bits per heavy atom. The number of ether oxygens (including phenoxy) is 1. The van der Waals surface area contributed by atoms with Gasteiger partial charge in [0.1, 0.15) is 11.6 Å². The van der Waals surface area contributed by atoms with E-state index in [1.165, 1.54) is 29.6 Å². The van der Waals surface area contributed by atoms with E-state index in [1.807, 2.05) is 0 Å². The number of amides is 1. The highest BCUT2D eigenvalue weighted by Gasteiger charge is 2.23. The maximum atomic E-state index is 13.1. The quantitative estimate of drug-likeness (QED) is 0.575. The number of hydrogen-bond acceptors (Lipinski definition) is 5. The van der Waals surface area contributed by atoms with Crippen LogP contribution in [0.15, 0.2) is 42.5 Å². The van der Waals surface area contributed by atoms with E-state index < -0.39 is 10.0 Å². The van der Waals surface area contributed by atoms with E-state index in [1.54, 1.807) is 29.2 Å². The molecule has 174 valence electrons. The maximum Gasteiger partial charge on any atom is 0.232 e. The summed E-state index contributed by atoms with van der Waals surface area (Å²) in [6.45, 7) is 2.64. The van der Waals surface area contributed by atoms with Gasteiger partial charge >= 0.3 is 0 Å². The zero-order valence-electron chi connectivity index (χ0n) is 18.1. The molecule has 1 aliphatic heterocycles. The molecule has 1 fully saturated rings. The Labute approximate surface area is 193 Å². The summed E-state index contributed by atoms with van der Waals surface area (Å²) in [6, 6.07) is 11.1. The van der Waals surface area contributed by atoms with Gasteiger partial charge in [-0.25, -0.2) is 12.8 Å². The SMILES string of the molecule is COc1ccc(N(CCCC(=O)N2CCN(c3ccc(F)cc3)CC2)S(C)(=O)=O)cc1Cl. The number of benzene rings is 2. The summed E-state index contributed by atoms with van der Waals surface area (Å²) in [6.07, 6.45) is 1.75. The Kier molecular flexibility index (Phi) is 7.84. The van der Waals surface area contributed by atoms with E-state index in [2.05, 4.69) is 4.90 Å². The topological polar surface area (TPSA) is 70.2 Å². The molecule has 10 heteroatoms. The standard InChI is InChI=1S/C22H27ClFN3O4S/c1-31-21-10-9-19(16-20(21)23)27(32(2,29)30)11-3-4-22(28)26-14-12-25(13-15-26)18-7-5-17(24)6-8-18/h5-10,16H,3-4,11-15H2,1-2H3. The van der Waals surface area contributed by atoms with Gasteiger partial charge in [0.25, 0.3) is 0 Å². The molecule has 1 amide bonds. The summed E-state index contributed by atoms with van der Waals surface area (Å²) >= 11 is 6.14. The summed E-state index contributed by atoms with van der Waals surface area (Å²) in [5.74, 6) is 0.173. The molecule has 2 aromatic rings. The van der Waals surface area contributed by atoms with Gasteiger partial charge in [-0.2, -0.15) is 0 Å². The third-order valence-electron chi connectivity index (χ3n) is 5.40. The minimum Gasteiger partial charge on any atom is -0.495 e. The molecule has 0 unspecified atom stereocenters. The van der Waals surface area contributed by atoms with Crippen LogP contribution in [0.2, 0.25) is 5.02 Å². The molecule has 0 aliphatic carbocycles. The first-order valence-corrected chi connectivity index (χ1v) is 12.5. The molecule has 0 atom stereocenters. The van der Waals surface area contributed by atoms with Crippen LogP contribution in [0, 0.1) is 5.82 Å². The van der Waals surface area contributed by atoms with Crippen LogP contribution < -0.4 is 13.9 Å². The predicted molar refractivity (Wildman–Crippen MR) is 125 cm³/mol. The van der Waals surface area contributed by atoms with Crippen molar-refractivity contribution in [3.63, 3.8) is 0 Å². The van der Waals surface area contributed by atoms with E-state index in [0.29, 0.717) is 49.1 Å². The molecule has 0 bridgehead atoms. The highest BCUT2D eigenvalue weighted by atomic mass is 35.5. The van der Waals surface area contributed by atoms with Gasteiger partial charge in [-0.1, -0.05) is 11.6 Å². The number of anilines is 2. The lowest BCUT2D eigenvalue weighted by Gasteiger charge is -2.36.